The Kier molecular flexibility index (Phi) is 4.09. The van der Waals surface area contributed by atoms with Crippen molar-refractivity contribution in [1.29, 1.82) is 0 Å². The standard InChI is InChI=1S/C12H14F2N2O2/c13-9-2-1-8(11(14)5-9)6-15-12(17)16-10-3-4-18-7-10/h1-2,5,10H,3-4,6-7H2,(H2,15,16,17). The monoisotopic (exact) mass is 256 g/mol. The van der Waals surface area contributed by atoms with Gasteiger partial charge in [-0.3, -0.25) is 0 Å². The zero-order valence-electron chi connectivity index (χ0n) is 9.71. The Balaban J connectivity index is 1.81. The highest BCUT2D eigenvalue weighted by Crippen LogP contribution is 2.09. The lowest BCUT2D eigenvalue weighted by Crippen LogP contribution is -2.42. The predicted octanol–water partition coefficient (Wildman–Crippen LogP) is 1.55. The van der Waals surface area contributed by atoms with E-state index in [4.69, 9.17) is 4.74 Å². The maximum Gasteiger partial charge on any atom is 0.315 e. The second-order valence-corrected chi connectivity index (χ2v) is 4.12. The molecule has 2 N–H and O–H groups in total. The summed E-state index contributed by atoms with van der Waals surface area (Å²) < 4.78 is 31.0. The van der Waals surface area contributed by atoms with E-state index in [1.54, 1.807) is 0 Å². The number of hydrogen-bond acceptors (Lipinski definition) is 2. The molecule has 1 saturated heterocycles. The third kappa shape index (κ3) is 3.40. The van der Waals surface area contributed by atoms with Gasteiger partial charge in [0.2, 0.25) is 0 Å². The lowest BCUT2D eigenvalue weighted by Gasteiger charge is -2.12. The molecule has 18 heavy (non-hydrogen) atoms. The van der Waals surface area contributed by atoms with Crippen molar-refractivity contribution in [2.75, 3.05) is 13.2 Å². The number of rotatable bonds is 3. The van der Waals surface area contributed by atoms with Crippen LogP contribution in [-0.2, 0) is 11.3 Å². The van der Waals surface area contributed by atoms with Crippen molar-refractivity contribution in [3.8, 4) is 0 Å². The lowest BCUT2D eigenvalue weighted by atomic mass is 10.2. The molecule has 0 spiro atoms. The first-order valence-corrected chi connectivity index (χ1v) is 5.71. The molecule has 1 aliphatic heterocycles. The van der Waals surface area contributed by atoms with Crippen molar-refractivity contribution in [3.05, 3.63) is 35.4 Å². The molecular weight excluding hydrogens is 242 g/mol. The fourth-order valence-electron chi connectivity index (χ4n) is 1.73. The number of hydrogen-bond donors (Lipinski definition) is 2. The van der Waals surface area contributed by atoms with Crippen LogP contribution in [0.25, 0.3) is 0 Å². The molecule has 1 atom stereocenters. The number of halogens is 2. The van der Waals surface area contributed by atoms with Crippen LogP contribution in [0.4, 0.5) is 13.6 Å². The Labute approximate surface area is 103 Å². The van der Waals surface area contributed by atoms with E-state index in [0.717, 1.165) is 18.6 Å². The van der Waals surface area contributed by atoms with Crippen molar-refractivity contribution in [2.45, 2.75) is 19.0 Å². The van der Waals surface area contributed by atoms with Gasteiger partial charge in [0.05, 0.1) is 12.6 Å². The molecule has 1 aromatic carbocycles. The van der Waals surface area contributed by atoms with Gasteiger partial charge in [0.1, 0.15) is 11.6 Å². The minimum Gasteiger partial charge on any atom is -0.379 e. The normalized spacial score (nSPS) is 18.7. The van der Waals surface area contributed by atoms with Crippen LogP contribution < -0.4 is 10.6 Å². The summed E-state index contributed by atoms with van der Waals surface area (Å²) in [5.74, 6) is -1.30. The van der Waals surface area contributed by atoms with Crippen LogP contribution in [0.2, 0.25) is 0 Å². The van der Waals surface area contributed by atoms with E-state index < -0.39 is 11.6 Å². The highest BCUT2D eigenvalue weighted by atomic mass is 19.1. The molecule has 0 radical (unpaired) electrons. The molecule has 0 bridgehead atoms. The largest absolute Gasteiger partial charge is 0.379 e. The summed E-state index contributed by atoms with van der Waals surface area (Å²) in [6.45, 7) is 1.15. The smallest absolute Gasteiger partial charge is 0.315 e. The molecule has 1 aromatic rings. The molecular formula is C12H14F2N2O2. The molecule has 0 aliphatic carbocycles. The van der Waals surface area contributed by atoms with Gasteiger partial charge in [0, 0.05) is 24.8 Å². The quantitative estimate of drug-likeness (QED) is 0.862. The second-order valence-electron chi connectivity index (χ2n) is 4.12. The first-order chi connectivity index (χ1) is 8.65. The summed E-state index contributed by atoms with van der Waals surface area (Å²) in [4.78, 5) is 11.5. The first kappa shape index (κ1) is 12.8. The number of urea groups is 1. The van der Waals surface area contributed by atoms with E-state index in [0.29, 0.717) is 13.2 Å². The molecule has 2 amide bonds. The molecule has 0 saturated carbocycles. The molecule has 0 aromatic heterocycles. The van der Waals surface area contributed by atoms with Gasteiger partial charge in [-0.15, -0.1) is 0 Å². The Morgan fingerprint density at radius 2 is 2.28 bits per heavy atom. The Morgan fingerprint density at radius 1 is 1.44 bits per heavy atom. The number of carbonyl (C=O) groups is 1. The van der Waals surface area contributed by atoms with E-state index in [1.807, 2.05) is 0 Å². The summed E-state index contributed by atoms with van der Waals surface area (Å²) in [6, 6.07) is 2.88. The van der Waals surface area contributed by atoms with Gasteiger partial charge in [-0.2, -0.15) is 0 Å². The number of ether oxygens (including phenoxy) is 1. The van der Waals surface area contributed by atoms with Gasteiger partial charge in [0.25, 0.3) is 0 Å². The van der Waals surface area contributed by atoms with Crippen LogP contribution in [0.15, 0.2) is 18.2 Å². The average Bonchev–Trinajstić information content (AvgIpc) is 2.80. The van der Waals surface area contributed by atoms with Gasteiger partial charge in [-0.1, -0.05) is 6.07 Å². The third-order valence-corrected chi connectivity index (χ3v) is 2.72. The van der Waals surface area contributed by atoms with Crippen molar-refractivity contribution < 1.29 is 18.3 Å². The zero-order chi connectivity index (χ0) is 13.0. The average molecular weight is 256 g/mol. The van der Waals surface area contributed by atoms with E-state index >= 15 is 0 Å². The van der Waals surface area contributed by atoms with Gasteiger partial charge >= 0.3 is 6.03 Å². The van der Waals surface area contributed by atoms with Crippen molar-refractivity contribution in [3.63, 3.8) is 0 Å². The maximum atomic E-state index is 13.3. The summed E-state index contributed by atoms with van der Waals surface area (Å²) in [5.41, 5.74) is 0.245. The van der Waals surface area contributed by atoms with Gasteiger partial charge < -0.3 is 15.4 Å². The van der Waals surface area contributed by atoms with Crippen molar-refractivity contribution in [1.82, 2.24) is 10.6 Å². The summed E-state index contributed by atoms with van der Waals surface area (Å²) in [6.07, 6.45) is 0.776. The predicted molar refractivity (Wildman–Crippen MR) is 61.0 cm³/mol. The Bertz CT molecular complexity index is 434. The fraction of sp³-hybridized carbons (Fsp3) is 0.417. The Morgan fingerprint density at radius 3 is 2.94 bits per heavy atom. The van der Waals surface area contributed by atoms with E-state index in [1.165, 1.54) is 6.07 Å². The lowest BCUT2D eigenvalue weighted by molar-refractivity contribution is 0.188. The molecule has 2 rings (SSSR count). The second kappa shape index (κ2) is 5.77. The molecule has 1 aliphatic rings. The molecule has 4 nitrogen and oxygen atoms in total. The fourth-order valence-corrected chi connectivity index (χ4v) is 1.73. The Hall–Kier alpha value is -1.69. The number of amides is 2. The van der Waals surface area contributed by atoms with E-state index in [2.05, 4.69) is 10.6 Å². The van der Waals surface area contributed by atoms with Gasteiger partial charge in [0.15, 0.2) is 0 Å². The van der Waals surface area contributed by atoms with Crippen LogP contribution >= 0.6 is 0 Å². The molecule has 1 heterocycles. The maximum absolute atomic E-state index is 13.3. The van der Waals surface area contributed by atoms with Gasteiger partial charge in [-0.25, -0.2) is 13.6 Å². The minimum absolute atomic E-state index is 0.00284. The van der Waals surface area contributed by atoms with Crippen LogP contribution in [-0.4, -0.2) is 25.3 Å². The van der Waals surface area contributed by atoms with Gasteiger partial charge in [-0.05, 0) is 12.5 Å². The van der Waals surface area contributed by atoms with Crippen molar-refractivity contribution >= 4 is 6.03 Å². The van der Waals surface area contributed by atoms with Crippen LogP contribution in [0.3, 0.4) is 0 Å². The first-order valence-electron chi connectivity index (χ1n) is 5.71. The summed E-state index contributed by atoms with van der Waals surface area (Å²) in [7, 11) is 0. The number of nitrogens with one attached hydrogen (secondary N) is 2. The number of benzene rings is 1. The van der Waals surface area contributed by atoms with Crippen LogP contribution in [0, 0.1) is 11.6 Å². The summed E-state index contributed by atoms with van der Waals surface area (Å²) in [5, 5.41) is 5.23. The van der Waals surface area contributed by atoms with E-state index in [-0.39, 0.29) is 24.2 Å². The third-order valence-electron chi connectivity index (χ3n) is 2.72. The summed E-state index contributed by atoms with van der Waals surface area (Å²) >= 11 is 0. The van der Waals surface area contributed by atoms with E-state index in [9.17, 15) is 13.6 Å². The number of carbonyl (C=O) groups excluding carboxylic acids is 1. The zero-order valence-corrected chi connectivity index (χ0v) is 9.71. The SMILES string of the molecule is O=C(NCc1ccc(F)cc1F)NC1CCOC1. The van der Waals surface area contributed by atoms with Crippen LogP contribution in [0.5, 0.6) is 0 Å². The minimum atomic E-state index is -0.667. The van der Waals surface area contributed by atoms with Crippen LogP contribution in [0.1, 0.15) is 12.0 Å². The highest BCUT2D eigenvalue weighted by Gasteiger charge is 2.17. The molecule has 1 unspecified atom stereocenters. The van der Waals surface area contributed by atoms with Crippen molar-refractivity contribution in [2.24, 2.45) is 0 Å². The molecule has 6 heteroatoms. The molecule has 98 valence electrons. The molecule has 1 fully saturated rings. The highest BCUT2D eigenvalue weighted by molar-refractivity contribution is 5.74. The topological polar surface area (TPSA) is 50.4 Å².